The van der Waals surface area contributed by atoms with Gasteiger partial charge in [0.2, 0.25) is 0 Å². The molecule has 0 aliphatic carbocycles. The molecular weight excluding hydrogens is 262 g/mol. The van der Waals surface area contributed by atoms with Crippen LogP contribution in [0.5, 0.6) is 0 Å². The van der Waals surface area contributed by atoms with Crippen LogP contribution in [0.2, 0.25) is 0 Å². The second kappa shape index (κ2) is 6.61. The molecule has 1 aromatic rings. The normalized spacial score (nSPS) is 21.9. The molecule has 3 nitrogen and oxygen atoms in total. The Morgan fingerprint density at radius 2 is 2.20 bits per heavy atom. The zero-order valence-corrected chi connectivity index (χ0v) is 12.0. The Hall–Kier alpha value is -1.04. The van der Waals surface area contributed by atoms with Crippen molar-refractivity contribution >= 4 is 0 Å². The van der Waals surface area contributed by atoms with Gasteiger partial charge in [-0.2, -0.15) is 0 Å². The van der Waals surface area contributed by atoms with Gasteiger partial charge in [-0.3, -0.25) is 4.90 Å². The maximum atomic E-state index is 14.1. The molecule has 20 heavy (non-hydrogen) atoms. The monoisotopic (exact) mass is 284 g/mol. The van der Waals surface area contributed by atoms with Gasteiger partial charge in [0.1, 0.15) is 11.6 Å². The van der Waals surface area contributed by atoms with Gasteiger partial charge >= 0.3 is 0 Å². The SMILES string of the molecule is CCCN1CCOC(C(N)c2c(F)ccc(C)c2F)C1. The average molecular weight is 284 g/mol. The fourth-order valence-electron chi connectivity index (χ4n) is 2.64. The minimum atomic E-state index is -0.783. The number of hydrogen-bond acceptors (Lipinski definition) is 3. The van der Waals surface area contributed by atoms with Crippen molar-refractivity contribution < 1.29 is 13.5 Å². The molecule has 0 spiro atoms. The van der Waals surface area contributed by atoms with Crippen molar-refractivity contribution in [3.63, 3.8) is 0 Å². The van der Waals surface area contributed by atoms with Gasteiger partial charge in [0.05, 0.1) is 18.8 Å². The van der Waals surface area contributed by atoms with Crippen LogP contribution in [0.3, 0.4) is 0 Å². The number of halogens is 2. The summed E-state index contributed by atoms with van der Waals surface area (Å²) in [6, 6.07) is 1.90. The Morgan fingerprint density at radius 3 is 2.90 bits per heavy atom. The highest BCUT2D eigenvalue weighted by atomic mass is 19.1. The van der Waals surface area contributed by atoms with E-state index in [0.29, 0.717) is 18.7 Å². The van der Waals surface area contributed by atoms with Crippen LogP contribution in [-0.2, 0) is 4.74 Å². The van der Waals surface area contributed by atoms with E-state index in [9.17, 15) is 8.78 Å². The number of morpholine rings is 1. The first-order valence-corrected chi connectivity index (χ1v) is 7.08. The Morgan fingerprint density at radius 1 is 1.45 bits per heavy atom. The standard InChI is InChI=1S/C15H22F2N2O/c1-3-6-19-7-8-20-12(9-19)15(18)13-11(16)5-4-10(2)14(13)17/h4-5,12,15H,3,6-9,18H2,1-2H3. The summed E-state index contributed by atoms with van der Waals surface area (Å²) in [5.74, 6) is -1.16. The number of aryl methyl sites for hydroxylation is 1. The number of nitrogens with zero attached hydrogens (tertiary/aromatic N) is 1. The molecule has 2 rings (SSSR count). The predicted molar refractivity (Wildman–Crippen MR) is 74.5 cm³/mol. The lowest BCUT2D eigenvalue weighted by Crippen LogP contribution is -2.47. The highest BCUT2D eigenvalue weighted by Crippen LogP contribution is 2.26. The van der Waals surface area contributed by atoms with E-state index in [1.165, 1.54) is 12.1 Å². The summed E-state index contributed by atoms with van der Waals surface area (Å²) < 4.78 is 33.6. The lowest BCUT2D eigenvalue weighted by Gasteiger charge is -2.35. The third-order valence-electron chi connectivity index (χ3n) is 3.77. The van der Waals surface area contributed by atoms with Crippen molar-refractivity contribution in [2.24, 2.45) is 5.73 Å². The lowest BCUT2D eigenvalue weighted by molar-refractivity contribution is -0.0417. The summed E-state index contributed by atoms with van der Waals surface area (Å²) in [6.07, 6.45) is 0.663. The molecule has 1 heterocycles. The summed E-state index contributed by atoms with van der Waals surface area (Å²) in [5, 5.41) is 0. The summed E-state index contributed by atoms with van der Waals surface area (Å²) in [5.41, 5.74) is 6.41. The quantitative estimate of drug-likeness (QED) is 0.922. The molecule has 0 bridgehead atoms. The third kappa shape index (κ3) is 3.16. The molecule has 5 heteroatoms. The molecular formula is C15H22F2N2O. The van der Waals surface area contributed by atoms with Crippen molar-refractivity contribution in [3.8, 4) is 0 Å². The molecule has 112 valence electrons. The molecule has 1 aliphatic heterocycles. The molecule has 2 atom stereocenters. The molecule has 1 saturated heterocycles. The van der Waals surface area contributed by atoms with Crippen LogP contribution in [0, 0.1) is 18.6 Å². The minimum Gasteiger partial charge on any atom is -0.374 e. The van der Waals surface area contributed by atoms with E-state index in [4.69, 9.17) is 10.5 Å². The predicted octanol–water partition coefficient (Wildman–Crippen LogP) is 2.38. The number of benzene rings is 1. The average Bonchev–Trinajstić information content (AvgIpc) is 2.44. The fourth-order valence-corrected chi connectivity index (χ4v) is 2.64. The van der Waals surface area contributed by atoms with Gasteiger partial charge in [-0.05, 0) is 31.5 Å². The Labute approximate surface area is 118 Å². The van der Waals surface area contributed by atoms with Gasteiger partial charge in [0.25, 0.3) is 0 Å². The number of nitrogens with two attached hydrogens (primary N) is 1. The van der Waals surface area contributed by atoms with Crippen molar-refractivity contribution in [1.82, 2.24) is 4.90 Å². The highest BCUT2D eigenvalue weighted by molar-refractivity contribution is 5.30. The van der Waals surface area contributed by atoms with Crippen molar-refractivity contribution in [2.75, 3.05) is 26.2 Å². The largest absolute Gasteiger partial charge is 0.374 e. The first-order chi connectivity index (χ1) is 9.54. The molecule has 1 fully saturated rings. The summed E-state index contributed by atoms with van der Waals surface area (Å²) in [6.45, 7) is 6.66. The third-order valence-corrected chi connectivity index (χ3v) is 3.77. The van der Waals surface area contributed by atoms with E-state index in [1.54, 1.807) is 6.92 Å². The molecule has 1 aromatic carbocycles. The van der Waals surface area contributed by atoms with Gasteiger partial charge in [-0.1, -0.05) is 13.0 Å². The van der Waals surface area contributed by atoms with E-state index in [0.717, 1.165) is 19.5 Å². The van der Waals surface area contributed by atoms with Crippen LogP contribution < -0.4 is 5.73 Å². The van der Waals surface area contributed by atoms with Gasteiger partial charge in [-0.15, -0.1) is 0 Å². The van der Waals surface area contributed by atoms with Crippen molar-refractivity contribution in [2.45, 2.75) is 32.4 Å². The van der Waals surface area contributed by atoms with Gasteiger partial charge in [0.15, 0.2) is 0 Å². The van der Waals surface area contributed by atoms with Crippen LogP contribution >= 0.6 is 0 Å². The summed E-state index contributed by atoms with van der Waals surface area (Å²) >= 11 is 0. The maximum absolute atomic E-state index is 14.1. The Bertz CT molecular complexity index is 465. The zero-order valence-electron chi connectivity index (χ0n) is 12.0. The van der Waals surface area contributed by atoms with E-state index in [1.807, 2.05) is 0 Å². The van der Waals surface area contributed by atoms with Gasteiger partial charge < -0.3 is 10.5 Å². The van der Waals surface area contributed by atoms with Crippen LogP contribution in [0.25, 0.3) is 0 Å². The van der Waals surface area contributed by atoms with Crippen LogP contribution in [0.4, 0.5) is 8.78 Å². The fraction of sp³-hybridized carbons (Fsp3) is 0.600. The summed E-state index contributed by atoms with van der Waals surface area (Å²) in [7, 11) is 0. The number of ether oxygens (including phenoxy) is 1. The minimum absolute atomic E-state index is 0.0617. The summed E-state index contributed by atoms with van der Waals surface area (Å²) in [4.78, 5) is 2.22. The Balaban J connectivity index is 2.18. The van der Waals surface area contributed by atoms with Crippen LogP contribution in [0.15, 0.2) is 12.1 Å². The topological polar surface area (TPSA) is 38.5 Å². The van der Waals surface area contributed by atoms with Gasteiger partial charge in [-0.25, -0.2) is 8.78 Å². The molecule has 0 saturated carbocycles. The van der Waals surface area contributed by atoms with Gasteiger partial charge in [0, 0.05) is 18.7 Å². The van der Waals surface area contributed by atoms with Crippen molar-refractivity contribution in [1.29, 1.82) is 0 Å². The smallest absolute Gasteiger partial charge is 0.133 e. The van der Waals surface area contributed by atoms with Crippen LogP contribution in [-0.4, -0.2) is 37.2 Å². The van der Waals surface area contributed by atoms with E-state index >= 15 is 0 Å². The number of rotatable bonds is 4. The second-order valence-corrected chi connectivity index (χ2v) is 5.33. The zero-order chi connectivity index (χ0) is 14.7. The highest BCUT2D eigenvalue weighted by Gasteiger charge is 2.30. The molecule has 1 aliphatic rings. The van der Waals surface area contributed by atoms with Crippen molar-refractivity contribution in [3.05, 3.63) is 34.9 Å². The molecule has 2 N–H and O–H groups in total. The van der Waals surface area contributed by atoms with Crippen LogP contribution in [0.1, 0.15) is 30.5 Å². The molecule has 2 unspecified atom stereocenters. The molecule has 0 radical (unpaired) electrons. The number of hydrogen-bond donors (Lipinski definition) is 1. The first-order valence-electron chi connectivity index (χ1n) is 7.08. The molecule has 0 aromatic heterocycles. The maximum Gasteiger partial charge on any atom is 0.133 e. The molecule has 0 amide bonds. The lowest BCUT2D eigenvalue weighted by atomic mass is 9.97. The second-order valence-electron chi connectivity index (χ2n) is 5.33. The first kappa shape index (κ1) is 15.4. The van der Waals surface area contributed by atoms with E-state index in [-0.39, 0.29) is 11.7 Å². The van der Waals surface area contributed by atoms with E-state index < -0.39 is 17.7 Å². The Kier molecular flexibility index (Phi) is 5.07. The van der Waals surface area contributed by atoms with E-state index in [2.05, 4.69) is 11.8 Å².